The maximum absolute atomic E-state index is 11.8. The molecule has 1 amide bonds. The van der Waals surface area contributed by atoms with Crippen molar-refractivity contribution in [2.24, 2.45) is 5.41 Å². The highest BCUT2D eigenvalue weighted by atomic mass is 35.5. The first-order valence-corrected chi connectivity index (χ1v) is 5.69. The first-order chi connectivity index (χ1) is 6.54. The van der Waals surface area contributed by atoms with Gasteiger partial charge in [-0.05, 0) is 26.3 Å². The van der Waals surface area contributed by atoms with Crippen LogP contribution in [-0.2, 0) is 4.79 Å². The normalized spacial score (nSPS) is 27.7. The Bertz CT molecular complexity index is 203. The van der Waals surface area contributed by atoms with Gasteiger partial charge in [-0.25, -0.2) is 0 Å². The van der Waals surface area contributed by atoms with Crippen molar-refractivity contribution in [3.8, 4) is 0 Å². The van der Waals surface area contributed by atoms with Crippen LogP contribution in [0.2, 0.25) is 0 Å². The number of carbonyl (C=O) groups is 1. The molecular weight excluding hydrogens is 223 g/mol. The summed E-state index contributed by atoms with van der Waals surface area (Å²) in [5, 5.41) is 5.97. The van der Waals surface area contributed by atoms with Crippen molar-refractivity contribution in [2.75, 3.05) is 19.6 Å². The second kappa shape index (κ2) is 5.19. The summed E-state index contributed by atoms with van der Waals surface area (Å²) in [6.45, 7) is 4.01. The molecule has 82 valence electrons. The van der Waals surface area contributed by atoms with Crippen LogP contribution in [0.15, 0.2) is 0 Å². The fourth-order valence-corrected chi connectivity index (χ4v) is 1.79. The third kappa shape index (κ3) is 3.30. The first kappa shape index (κ1) is 12.1. The van der Waals surface area contributed by atoms with Gasteiger partial charge in [-0.3, -0.25) is 4.79 Å². The quantitative estimate of drug-likeness (QED) is 0.729. The van der Waals surface area contributed by atoms with E-state index in [2.05, 4.69) is 10.6 Å². The molecule has 5 heteroatoms. The molecule has 3 nitrogen and oxygen atoms in total. The zero-order valence-electron chi connectivity index (χ0n) is 8.28. The summed E-state index contributed by atoms with van der Waals surface area (Å²) in [7, 11) is 0. The second-order valence-corrected chi connectivity index (χ2v) is 5.22. The van der Waals surface area contributed by atoms with E-state index >= 15 is 0 Å². The minimum atomic E-state index is -0.529. The Hall–Kier alpha value is 0.01000. The molecule has 1 aliphatic heterocycles. The summed E-state index contributed by atoms with van der Waals surface area (Å²) in [4.78, 5) is 11.2. The second-order valence-electron chi connectivity index (χ2n) is 3.94. The SMILES string of the molecule is CC1(C(=O)NCC(Cl)Cl)CCCNC1. The number of amides is 1. The van der Waals surface area contributed by atoms with Gasteiger partial charge in [0.05, 0.1) is 5.41 Å². The molecule has 0 spiro atoms. The van der Waals surface area contributed by atoms with Gasteiger partial charge in [0.25, 0.3) is 0 Å². The highest BCUT2D eigenvalue weighted by Gasteiger charge is 2.34. The van der Waals surface area contributed by atoms with Gasteiger partial charge in [0.15, 0.2) is 0 Å². The van der Waals surface area contributed by atoms with Gasteiger partial charge in [0.1, 0.15) is 4.84 Å². The number of halogens is 2. The average molecular weight is 239 g/mol. The highest BCUT2D eigenvalue weighted by molar-refractivity contribution is 6.44. The zero-order valence-corrected chi connectivity index (χ0v) is 9.79. The summed E-state index contributed by atoms with van der Waals surface area (Å²) < 4.78 is 0. The minimum Gasteiger partial charge on any atom is -0.353 e. The first-order valence-electron chi connectivity index (χ1n) is 4.82. The molecule has 0 aromatic rings. The maximum atomic E-state index is 11.8. The molecule has 0 radical (unpaired) electrons. The van der Waals surface area contributed by atoms with E-state index in [1.54, 1.807) is 0 Å². The Morgan fingerprint density at radius 2 is 2.36 bits per heavy atom. The highest BCUT2D eigenvalue weighted by Crippen LogP contribution is 2.25. The Morgan fingerprint density at radius 3 is 2.86 bits per heavy atom. The smallest absolute Gasteiger partial charge is 0.227 e. The number of nitrogens with one attached hydrogen (secondary N) is 2. The molecule has 1 rings (SSSR count). The zero-order chi connectivity index (χ0) is 10.6. The summed E-state index contributed by atoms with van der Waals surface area (Å²) in [6.07, 6.45) is 1.95. The summed E-state index contributed by atoms with van der Waals surface area (Å²) in [5.74, 6) is 0.0380. The monoisotopic (exact) mass is 238 g/mol. The molecule has 1 saturated heterocycles. The molecule has 1 heterocycles. The topological polar surface area (TPSA) is 41.1 Å². The number of piperidine rings is 1. The minimum absolute atomic E-state index is 0.0380. The number of rotatable bonds is 3. The molecular formula is C9H16Cl2N2O. The van der Waals surface area contributed by atoms with Crippen LogP contribution in [-0.4, -0.2) is 30.4 Å². The van der Waals surface area contributed by atoms with E-state index in [9.17, 15) is 4.79 Å². The average Bonchev–Trinajstić information content (AvgIpc) is 2.15. The number of hydrogen-bond acceptors (Lipinski definition) is 2. The van der Waals surface area contributed by atoms with Gasteiger partial charge in [0, 0.05) is 13.1 Å². The summed E-state index contributed by atoms with van der Waals surface area (Å²) in [6, 6.07) is 0. The number of hydrogen-bond donors (Lipinski definition) is 2. The van der Waals surface area contributed by atoms with Gasteiger partial charge in [-0.15, -0.1) is 23.2 Å². The molecule has 0 bridgehead atoms. The van der Waals surface area contributed by atoms with Crippen molar-refractivity contribution in [2.45, 2.75) is 24.6 Å². The van der Waals surface area contributed by atoms with Gasteiger partial charge < -0.3 is 10.6 Å². The third-order valence-corrected chi connectivity index (χ3v) is 2.87. The lowest BCUT2D eigenvalue weighted by Crippen LogP contribution is -2.49. The molecule has 1 fully saturated rings. The van der Waals surface area contributed by atoms with Crippen molar-refractivity contribution >= 4 is 29.1 Å². The van der Waals surface area contributed by atoms with Crippen molar-refractivity contribution in [1.29, 1.82) is 0 Å². The molecule has 0 aromatic carbocycles. The lowest BCUT2D eigenvalue weighted by molar-refractivity contribution is -0.131. The van der Waals surface area contributed by atoms with Crippen molar-refractivity contribution in [1.82, 2.24) is 10.6 Å². The summed E-state index contributed by atoms with van der Waals surface area (Å²) >= 11 is 11.1. The van der Waals surface area contributed by atoms with Crippen molar-refractivity contribution < 1.29 is 4.79 Å². The Kier molecular flexibility index (Phi) is 4.48. The molecule has 1 unspecified atom stereocenters. The van der Waals surface area contributed by atoms with E-state index < -0.39 is 4.84 Å². The van der Waals surface area contributed by atoms with Crippen molar-refractivity contribution in [3.05, 3.63) is 0 Å². The fourth-order valence-electron chi connectivity index (χ4n) is 1.63. The van der Waals surface area contributed by atoms with E-state index in [0.717, 1.165) is 25.9 Å². The van der Waals surface area contributed by atoms with Crippen LogP contribution in [0.1, 0.15) is 19.8 Å². The molecule has 0 saturated carbocycles. The van der Waals surface area contributed by atoms with Crippen LogP contribution in [0.25, 0.3) is 0 Å². The van der Waals surface area contributed by atoms with Crippen LogP contribution >= 0.6 is 23.2 Å². The molecule has 0 aliphatic carbocycles. The van der Waals surface area contributed by atoms with Crippen molar-refractivity contribution in [3.63, 3.8) is 0 Å². The summed E-state index contributed by atoms with van der Waals surface area (Å²) in [5.41, 5.74) is -0.305. The van der Waals surface area contributed by atoms with E-state index in [0.29, 0.717) is 6.54 Å². The molecule has 1 aliphatic rings. The van der Waals surface area contributed by atoms with Gasteiger partial charge in [0.2, 0.25) is 5.91 Å². The van der Waals surface area contributed by atoms with E-state index in [-0.39, 0.29) is 11.3 Å². The fraction of sp³-hybridized carbons (Fsp3) is 0.889. The molecule has 14 heavy (non-hydrogen) atoms. The predicted molar refractivity (Wildman–Crippen MR) is 58.7 cm³/mol. The van der Waals surface area contributed by atoms with Gasteiger partial charge in [-0.1, -0.05) is 0 Å². The van der Waals surface area contributed by atoms with E-state index in [1.165, 1.54) is 0 Å². The van der Waals surface area contributed by atoms with Gasteiger partial charge in [-0.2, -0.15) is 0 Å². The van der Waals surface area contributed by atoms with Gasteiger partial charge >= 0.3 is 0 Å². The Morgan fingerprint density at radius 1 is 1.64 bits per heavy atom. The lowest BCUT2D eigenvalue weighted by Gasteiger charge is -2.32. The standard InChI is InChI=1S/C9H16Cl2N2O/c1-9(3-2-4-12-6-9)8(14)13-5-7(10)11/h7,12H,2-6H2,1H3,(H,13,14). The Labute approximate surface area is 94.5 Å². The predicted octanol–water partition coefficient (Wildman–Crippen LogP) is 1.30. The number of alkyl halides is 2. The van der Waals surface area contributed by atoms with Crippen LogP contribution in [0.4, 0.5) is 0 Å². The van der Waals surface area contributed by atoms with Crippen LogP contribution in [0.5, 0.6) is 0 Å². The lowest BCUT2D eigenvalue weighted by atomic mass is 9.82. The van der Waals surface area contributed by atoms with Crippen LogP contribution < -0.4 is 10.6 Å². The number of carbonyl (C=O) groups excluding carboxylic acids is 1. The van der Waals surface area contributed by atoms with Crippen LogP contribution in [0, 0.1) is 5.41 Å². The molecule has 0 aromatic heterocycles. The van der Waals surface area contributed by atoms with Crippen LogP contribution in [0.3, 0.4) is 0 Å². The molecule has 1 atom stereocenters. The third-order valence-electron chi connectivity index (χ3n) is 2.56. The molecule has 2 N–H and O–H groups in total. The maximum Gasteiger partial charge on any atom is 0.227 e. The Balaban J connectivity index is 2.41. The largest absolute Gasteiger partial charge is 0.353 e. The van der Waals surface area contributed by atoms with E-state index in [4.69, 9.17) is 23.2 Å². The van der Waals surface area contributed by atoms with E-state index in [1.807, 2.05) is 6.92 Å².